The monoisotopic (exact) mass is 645 g/mol. The maximum atomic E-state index is 14.6. The van der Waals surface area contributed by atoms with Crippen LogP contribution in [0, 0.1) is 56.7 Å². The van der Waals surface area contributed by atoms with Crippen molar-refractivity contribution in [2.75, 3.05) is 0 Å². The summed E-state index contributed by atoms with van der Waals surface area (Å²) in [4.78, 5) is 39.2. The van der Waals surface area contributed by atoms with Gasteiger partial charge in [-0.2, -0.15) is 0 Å². The molecule has 0 radical (unpaired) electrons. The molecule has 0 heterocycles. The maximum absolute atomic E-state index is 14.6. The van der Waals surface area contributed by atoms with E-state index in [1.54, 1.807) is 0 Å². The highest BCUT2D eigenvalue weighted by Gasteiger charge is 2.69. The third kappa shape index (κ3) is 5.12. The topological polar surface area (TPSA) is 92.7 Å². The lowest BCUT2D eigenvalue weighted by Crippen LogP contribution is -2.66. The number of rotatable bonds is 6. The van der Waals surface area contributed by atoms with Crippen molar-refractivity contribution in [3.05, 3.63) is 47.5 Å². The van der Waals surface area contributed by atoms with Crippen molar-refractivity contribution in [3.63, 3.8) is 0 Å². The number of benzene rings is 1. The lowest BCUT2D eigenvalue weighted by Gasteiger charge is -2.71. The van der Waals surface area contributed by atoms with Gasteiger partial charge in [0, 0.05) is 18.8 Å². The van der Waals surface area contributed by atoms with Crippen molar-refractivity contribution < 1.29 is 24.2 Å². The first-order valence-electron chi connectivity index (χ1n) is 18.5. The van der Waals surface area contributed by atoms with Crippen LogP contribution in [0.1, 0.15) is 119 Å². The van der Waals surface area contributed by atoms with Crippen LogP contribution in [0.25, 0.3) is 0 Å². The summed E-state index contributed by atoms with van der Waals surface area (Å²) >= 11 is 0. The van der Waals surface area contributed by atoms with Crippen molar-refractivity contribution >= 4 is 17.8 Å². The van der Waals surface area contributed by atoms with E-state index in [-0.39, 0.29) is 52.0 Å². The van der Waals surface area contributed by atoms with Gasteiger partial charge in [0.05, 0.1) is 5.41 Å². The molecule has 11 atom stereocenters. The number of aliphatic carboxylic acids is 1. The van der Waals surface area contributed by atoms with E-state index >= 15 is 0 Å². The van der Waals surface area contributed by atoms with E-state index in [9.17, 15) is 19.5 Å². The van der Waals surface area contributed by atoms with Crippen LogP contribution >= 0.6 is 0 Å². The van der Waals surface area contributed by atoms with Gasteiger partial charge in [0.15, 0.2) is 0 Å². The molecule has 6 rings (SSSR count). The van der Waals surface area contributed by atoms with Gasteiger partial charge in [-0.1, -0.05) is 90.4 Å². The van der Waals surface area contributed by atoms with Gasteiger partial charge in [0.2, 0.25) is 5.91 Å². The minimum absolute atomic E-state index is 0.0310. The van der Waals surface area contributed by atoms with Crippen LogP contribution in [0.4, 0.5) is 0 Å². The first-order valence-corrected chi connectivity index (χ1v) is 18.5. The number of hydrogen-bond donors (Lipinski definition) is 2. The lowest BCUT2D eigenvalue weighted by atomic mass is 9.33. The van der Waals surface area contributed by atoms with E-state index < -0.39 is 17.4 Å². The van der Waals surface area contributed by atoms with Gasteiger partial charge in [0.1, 0.15) is 12.1 Å². The fraction of sp³-hybridized carbons (Fsp3) is 0.732. The van der Waals surface area contributed by atoms with Gasteiger partial charge in [-0.25, -0.2) is 4.79 Å². The van der Waals surface area contributed by atoms with Crippen molar-refractivity contribution in [1.29, 1.82) is 0 Å². The predicted molar refractivity (Wildman–Crippen MR) is 184 cm³/mol. The number of esters is 1. The molecule has 0 saturated heterocycles. The quantitative estimate of drug-likeness (QED) is 0.240. The second-order valence-electron chi connectivity index (χ2n) is 17.8. The average molecular weight is 646 g/mol. The number of carbonyl (C=O) groups is 3. The van der Waals surface area contributed by atoms with Crippen molar-refractivity contribution in [1.82, 2.24) is 5.32 Å². The molecule has 0 aromatic heterocycles. The number of hydrogen-bond acceptors (Lipinski definition) is 4. The number of allylic oxidation sites excluding steroid dienone is 2. The molecule has 4 saturated carbocycles. The molecule has 1 amide bonds. The zero-order valence-electron chi connectivity index (χ0n) is 30.2. The average Bonchev–Trinajstić information content (AvgIpc) is 3.00. The minimum atomic E-state index is -0.975. The van der Waals surface area contributed by atoms with Gasteiger partial charge < -0.3 is 15.2 Å². The molecule has 0 aliphatic heterocycles. The van der Waals surface area contributed by atoms with Crippen LogP contribution in [0.2, 0.25) is 0 Å². The highest BCUT2D eigenvalue weighted by Crippen LogP contribution is 2.75. The second-order valence-corrected chi connectivity index (χ2v) is 17.8. The Labute approximate surface area is 282 Å². The van der Waals surface area contributed by atoms with Crippen molar-refractivity contribution in [2.45, 2.75) is 132 Å². The summed E-state index contributed by atoms with van der Waals surface area (Å²) in [6.07, 6.45) is 11.6. The van der Waals surface area contributed by atoms with E-state index in [1.165, 1.54) is 12.5 Å². The molecule has 5 aliphatic rings. The summed E-state index contributed by atoms with van der Waals surface area (Å²) in [6, 6.07) is 8.67. The standard InChI is InChI=1S/C41H59NO5/c1-25-16-21-41(36(46)42-30(35(44)45)24-28-12-10-9-11-13-28)23-22-39(7)29(34(41)26(25)2)14-15-32-38(6)19-18-33(47-27(3)43)37(4,5)31(38)17-20-40(32,39)8/h9-14,25-26,30-34H,15-24H2,1-8H3,(H,42,46)(H,44,45)/t25-,26+,30?,31+,32-,33+,34+,38+,39-,40-,41+/m1/s1. The summed E-state index contributed by atoms with van der Waals surface area (Å²) in [5, 5.41) is 13.3. The molecule has 2 N–H and O–H groups in total. The predicted octanol–water partition coefficient (Wildman–Crippen LogP) is 8.39. The van der Waals surface area contributed by atoms with Gasteiger partial charge >= 0.3 is 11.9 Å². The molecule has 0 bridgehead atoms. The van der Waals surface area contributed by atoms with E-state index in [2.05, 4.69) is 59.9 Å². The van der Waals surface area contributed by atoms with Gasteiger partial charge in [-0.05, 0) is 109 Å². The molecule has 6 nitrogen and oxygen atoms in total. The Morgan fingerprint density at radius 1 is 0.915 bits per heavy atom. The van der Waals surface area contributed by atoms with Gasteiger partial charge in [0.25, 0.3) is 0 Å². The number of amides is 1. The summed E-state index contributed by atoms with van der Waals surface area (Å²) in [5.41, 5.74) is 1.93. The normalized spacial score (nSPS) is 42.7. The van der Waals surface area contributed by atoms with Crippen LogP contribution < -0.4 is 5.32 Å². The summed E-state index contributed by atoms with van der Waals surface area (Å²) in [5.74, 6) is 0.728. The number of carbonyl (C=O) groups excluding carboxylic acids is 2. The van der Waals surface area contributed by atoms with E-state index in [4.69, 9.17) is 4.74 Å². The Morgan fingerprint density at radius 3 is 2.28 bits per heavy atom. The van der Waals surface area contributed by atoms with Crippen molar-refractivity contribution in [3.8, 4) is 0 Å². The van der Waals surface area contributed by atoms with E-state index in [0.29, 0.717) is 23.7 Å². The molecular formula is C41H59NO5. The molecular weight excluding hydrogens is 586 g/mol. The fourth-order valence-corrected chi connectivity index (χ4v) is 12.6. The van der Waals surface area contributed by atoms with Gasteiger partial charge in [-0.3, -0.25) is 9.59 Å². The molecule has 1 aromatic carbocycles. The summed E-state index contributed by atoms with van der Waals surface area (Å²) in [7, 11) is 0. The van der Waals surface area contributed by atoms with Gasteiger partial charge in [-0.15, -0.1) is 0 Å². The first kappa shape index (κ1) is 34.2. The van der Waals surface area contributed by atoms with E-state index in [1.807, 2.05) is 30.3 Å². The molecule has 4 fully saturated rings. The number of carboxylic acids is 1. The SMILES string of the molecule is CC(=O)O[C@H]1CC[C@]2(C)[C@H]3CC=C4[C@@H]5[C@@H](C)[C@H](C)CC[C@]5(C(=O)NC(Cc5ccccc5)C(=O)O)CC[C@@]4(C)[C@]3(C)CC[C@H]2C1(C)C. The Bertz CT molecular complexity index is 1430. The van der Waals surface area contributed by atoms with Crippen molar-refractivity contribution in [2.24, 2.45) is 56.7 Å². The molecule has 1 unspecified atom stereocenters. The Kier molecular flexibility index (Phi) is 8.57. The molecule has 47 heavy (non-hydrogen) atoms. The van der Waals surface area contributed by atoms with E-state index in [0.717, 1.165) is 63.4 Å². The lowest BCUT2D eigenvalue weighted by molar-refractivity contribution is -0.212. The molecule has 5 aliphatic carbocycles. The fourth-order valence-electron chi connectivity index (χ4n) is 12.6. The Hall–Kier alpha value is -2.63. The molecule has 258 valence electrons. The first-order chi connectivity index (χ1) is 22.0. The smallest absolute Gasteiger partial charge is 0.326 e. The number of ether oxygens (including phenoxy) is 1. The Morgan fingerprint density at radius 2 is 1.62 bits per heavy atom. The third-order valence-electron chi connectivity index (χ3n) is 15.6. The minimum Gasteiger partial charge on any atom is -0.480 e. The Balaban J connectivity index is 1.35. The maximum Gasteiger partial charge on any atom is 0.326 e. The highest BCUT2D eigenvalue weighted by atomic mass is 16.5. The van der Waals surface area contributed by atoms with Crippen LogP contribution in [0.3, 0.4) is 0 Å². The number of carboxylic acid groups (broad SMARTS) is 1. The molecule has 6 heteroatoms. The summed E-state index contributed by atoms with van der Waals surface area (Å²) in [6.45, 7) is 18.5. The second kappa shape index (κ2) is 11.8. The zero-order valence-corrected chi connectivity index (χ0v) is 30.2. The molecule has 0 spiro atoms. The number of nitrogens with one attached hydrogen (secondary N) is 1. The van der Waals surface area contributed by atoms with Crippen LogP contribution in [0.5, 0.6) is 0 Å². The highest BCUT2D eigenvalue weighted by molar-refractivity contribution is 5.88. The van der Waals surface area contributed by atoms with Crippen LogP contribution in [-0.4, -0.2) is 35.1 Å². The third-order valence-corrected chi connectivity index (χ3v) is 15.6. The van der Waals surface area contributed by atoms with Crippen LogP contribution in [0.15, 0.2) is 42.0 Å². The number of fused-ring (bicyclic) bond motifs is 7. The zero-order chi connectivity index (χ0) is 34.2. The summed E-state index contributed by atoms with van der Waals surface area (Å²) < 4.78 is 5.93. The largest absolute Gasteiger partial charge is 0.480 e. The van der Waals surface area contributed by atoms with Crippen LogP contribution in [-0.2, 0) is 25.5 Å². The molecule has 1 aromatic rings.